The number of aryl methyl sites for hydroxylation is 1. The molecule has 0 radical (unpaired) electrons. The molecular weight excluding hydrogens is 376 g/mol. The number of hydrogen-bond acceptors (Lipinski definition) is 2. The van der Waals surface area contributed by atoms with Gasteiger partial charge in [-0.05, 0) is 70.5 Å². The Balaban J connectivity index is 1.82. The maximum Gasteiger partial charge on any atom is 0.189 e. The molecule has 0 bridgehead atoms. The van der Waals surface area contributed by atoms with Gasteiger partial charge in [-0.1, -0.05) is 73.2 Å². The van der Waals surface area contributed by atoms with E-state index in [2.05, 4.69) is 31.2 Å². The summed E-state index contributed by atoms with van der Waals surface area (Å²) >= 11 is 0. The molecular formula is C26H24O2S. The summed E-state index contributed by atoms with van der Waals surface area (Å²) < 4.78 is 27.3. The Hall–Kier alpha value is -2.65. The van der Waals surface area contributed by atoms with Gasteiger partial charge in [0.1, 0.15) is 5.25 Å². The first-order valence-corrected chi connectivity index (χ1v) is 11.8. The Labute approximate surface area is 172 Å². The molecule has 5 rings (SSSR count). The molecule has 3 heteroatoms. The molecule has 0 N–H and O–H groups in total. The summed E-state index contributed by atoms with van der Waals surface area (Å²) in [6.07, 6.45) is 6.46. The molecule has 0 fully saturated rings. The molecule has 0 spiro atoms. The molecule has 0 saturated carbocycles. The lowest BCUT2D eigenvalue weighted by Crippen LogP contribution is -2.36. The zero-order chi connectivity index (χ0) is 20.2. The summed E-state index contributed by atoms with van der Waals surface area (Å²) in [5.74, 6) is 0.498. The topological polar surface area (TPSA) is 34.1 Å². The van der Waals surface area contributed by atoms with Gasteiger partial charge in [-0.2, -0.15) is 0 Å². The summed E-state index contributed by atoms with van der Waals surface area (Å²) in [4.78, 5) is 0.379. The van der Waals surface area contributed by atoms with Gasteiger partial charge >= 0.3 is 0 Å². The van der Waals surface area contributed by atoms with Crippen LogP contribution in [0.5, 0.6) is 0 Å². The Bertz CT molecular complexity index is 1330. The van der Waals surface area contributed by atoms with Crippen molar-refractivity contribution in [1.82, 2.24) is 0 Å². The average molecular weight is 401 g/mol. The van der Waals surface area contributed by atoms with Gasteiger partial charge in [0.15, 0.2) is 9.84 Å². The van der Waals surface area contributed by atoms with Gasteiger partial charge in [-0.3, -0.25) is 0 Å². The Morgan fingerprint density at radius 1 is 0.828 bits per heavy atom. The van der Waals surface area contributed by atoms with Crippen LogP contribution in [-0.4, -0.2) is 8.42 Å². The quantitative estimate of drug-likeness (QED) is 0.628. The Morgan fingerprint density at radius 2 is 1.59 bits per heavy atom. The van der Waals surface area contributed by atoms with E-state index >= 15 is 0 Å². The fraction of sp³-hybridized carbons (Fsp3) is 0.231. The van der Waals surface area contributed by atoms with E-state index in [1.165, 1.54) is 10.8 Å². The molecule has 29 heavy (non-hydrogen) atoms. The van der Waals surface area contributed by atoms with Crippen molar-refractivity contribution in [3.05, 3.63) is 87.8 Å². The van der Waals surface area contributed by atoms with Gasteiger partial charge in [0.25, 0.3) is 0 Å². The molecule has 2 unspecified atom stereocenters. The summed E-state index contributed by atoms with van der Waals surface area (Å²) in [7, 11) is -3.54. The average Bonchev–Trinajstić information content (AvgIpc) is 2.73. The van der Waals surface area contributed by atoms with Crippen molar-refractivity contribution in [2.45, 2.75) is 42.8 Å². The molecule has 3 aromatic rings. The highest BCUT2D eigenvalue weighted by Crippen LogP contribution is 2.38. The van der Waals surface area contributed by atoms with Crippen molar-refractivity contribution in [2.24, 2.45) is 0 Å². The van der Waals surface area contributed by atoms with E-state index in [4.69, 9.17) is 0 Å². The molecule has 0 heterocycles. The van der Waals surface area contributed by atoms with Crippen LogP contribution < -0.4 is 10.4 Å². The smallest absolute Gasteiger partial charge is 0.189 e. The lowest BCUT2D eigenvalue weighted by molar-refractivity contribution is 0.592. The molecule has 3 aromatic carbocycles. The number of benzene rings is 3. The lowest BCUT2D eigenvalue weighted by Gasteiger charge is -2.25. The van der Waals surface area contributed by atoms with Gasteiger partial charge in [-0.15, -0.1) is 0 Å². The maximum atomic E-state index is 13.7. The maximum absolute atomic E-state index is 13.7. The van der Waals surface area contributed by atoms with Crippen molar-refractivity contribution in [3.8, 4) is 11.1 Å². The third kappa shape index (κ3) is 2.87. The highest BCUT2D eigenvalue weighted by molar-refractivity contribution is 7.92. The van der Waals surface area contributed by atoms with Crippen LogP contribution in [0.3, 0.4) is 0 Å². The van der Waals surface area contributed by atoms with Crippen LogP contribution in [-0.2, 0) is 9.84 Å². The van der Waals surface area contributed by atoms with Crippen LogP contribution in [0.25, 0.3) is 23.3 Å². The van der Waals surface area contributed by atoms with Gasteiger partial charge in [0.2, 0.25) is 0 Å². The summed E-state index contributed by atoms with van der Waals surface area (Å²) in [6, 6.07) is 19.5. The first-order valence-electron chi connectivity index (χ1n) is 10.2. The molecule has 2 nitrogen and oxygen atoms in total. The number of rotatable bonds is 2. The first kappa shape index (κ1) is 18.4. The second-order valence-electron chi connectivity index (χ2n) is 8.24. The van der Waals surface area contributed by atoms with E-state index in [0.29, 0.717) is 10.8 Å². The minimum absolute atomic E-state index is 0.379. The summed E-state index contributed by atoms with van der Waals surface area (Å²) in [6.45, 7) is 4.23. The molecule has 2 atom stereocenters. The zero-order valence-electron chi connectivity index (χ0n) is 16.7. The highest BCUT2D eigenvalue weighted by Gasteiger charge is 2.32. The van der Waals surface area contributed by atoms with E-state index < -0.39 is 15.1 Å². The molecule has 146 valence electrons. The third-order valence-electron chi connectivity index (χ3n) is 6.36. The summed E-state index contributed by atoms with van der Waals surface area (Å²) in [5, 5.41) is 1.62. The van der Waals surface area contributed by atoms with Gasteiger partial charge in [-0.25, -0.2) is 8.42 Å². The second kappa shape index (κ2) is 6.70. The lowest BCUT2D eigenvalue weighted by atomic mass is 9.83. The minimum Gasteiger partial charge on any atom is -0.223 e. The van der Waals surface area contributed by atoms with E-state index in [1.54, 1.807) is 12.1 Å². The van der Waals surface area contributed by atoms with Gasteiger partial charge < -0.3 is 0 Å². The molecule has 0 aliphatic heterocycles. The van der Waals surface area contributed by atoms with E-state index in [-0.39, 0.29) is 0 Å². The fourth-order valence-electron chi connectivity index (χ4n) is 4.72. The van der Waals surface area contributed by atoms with Crippen LogP contribution in [0.2, 0.25) is 0 Å². The van der Waals surface area contributed by atoms with Crippen LogP contribution in [0.1, 0.15) is 47.6 Å². The molecule has 2 aliphatic carbocycles. The number of hydrogen-bond donors (Lipinski definition) is 0. The Morgan fingerprint density at radius 3 is 2.38 bits per heavy atom. The van der Waals surface area contributed by atoms with E-state index in [0.717, 1.165) is 40.3 Å². The van der Waals surface area contributed by atoms with Crippen LogP contribution in [0, 0.1) is 6.92 Å². The SMILES string of the molecule is Cc1ccc(S(=O)(=O)C2C=c3c(ccc4c3=CCCC4C)-c3ccccc32)cc1. The van der Waals surface area contributed by atoms with E-state index in [1.807, 2.05) is 43.3 Å². The zero-order valence-corrected chi connectivity index (χ0v) is 17.5. The summed E-state index contributed by atoms with van der Waals surface area (Å²) in [5.41, 5.74) is 5.42. The minimum atomic E-state index is -3.54. The molecule has 0 amide bonds. The van der Waals surface area contributed by atoms with Crippen molar-refractivity contribution < 1.29 is 8.42 Å². The van der Waals surface area contributed by atoms with Crippen molar-refractivity contribution in [3.63, 3.8) is 0 Å². The van der Waals surface area contributed by atoms with Crippen molar-refractivity contribution in [1.29, 1.82) is 0 Å². The molecule has 0 saturated heterocycles. The van der Waals surface area contributed by atoms with Gasteiger partial charge in [0, 0.05) is 0 Å². The van der Waals surface area contributed by atoms with Crippen molar-refractivity contribution in [2.75, 3.05) is 0 Å². The molecule has 0 aromatic heterocycles. The first-order chi connectivity index (χ1) is 14.0. The second-order valence-corrected chi connectivity index (χ2v) is 10.3. The number of sulfone groups is 1. The normalized spacial score (nSPS) is 19.9. The third-order valence-corrected chi connectivity index (χ3v) is 8.35. The fourth-order valence-corrected chi connectivity index (χ4v) is 6.38. The van der Waals surface area contributed by atoms with Gasteiger partial charge in [0.05, 0.1) is 4.90 Å². The predicted octanol–water partition coefficient (Wildman–Crippen LogP) is 4.65. The number of fused-ring (bicyclic) bond motifs is 5. The Kier molecular flexibility index (Phi) is 4.25. The van der Waals surface area contributed by atoms with E-state index in [9.17, 15) is 8.42 Å². The standard InChI is InChI=1S/C26H24O2S/c1-17-10-12-19(13-11-17)29(27,28)26-16-25-21-9-5-6-18(2)20(21)14-15-23(25)22-7-3-4-8-24(22)26/h3-4,7-16,18,26H,5-6H2,1-2H3. The van der Waals surface area contributed by atoms with Crippen LogP contribution in [0.15, 0.2) is 65.6 Å². The largest absolute Gasteiger partial charge is 0.223 e. The highest BCUT2D eigenvalue weighted by atomic mass is 32.2. The van der Waals surface area contributed by atoms with Crippen molar-refractivity contribution >= 4 is 22.0 Å². The monoisotopic (exact) mass is 400 g/mol. The predicted molar refractivity (Wildman–Crippen MR) is 119 cm³/mol. The van der Waals surface area contributed by atoms with Crippen LogP contribution in [0.4, 0.5) is 0 Å². The van der Waals surface area contributed by atoms with Crippen LogP contribution >= 0.6 is 0 Å². The molecule has 2 aliphatic rings.